The molecule has 2 aliphatic heterocycles. The van der Waals surface area contributed by atoms with E-state index in [1.165, 1.54) is 4.90 Å². The molecule has 2 saturated heterocycles. The van der Waals surface area contributed by atoms with Crippen molar-refractivity contribution >= 4 is 27.5 Å². The van der Waals surface area contributed by atoms with Crippen LogP contribution in [0, 0.1) is 0 Å². The smallest absolute Gasteiger partial charge is 0.490 e. The number of likely N-dealkylation sites (tertiary alicyclic amines) is 1. The third-order valence-electron chi connectivity index (χ3n) is 6.60. The summed E-state index contributed by atoms with van der Waals surface area (Å²) in [5, 5.41) is 0. The number of halogens is 3. The second kappa shape index (κ2) is 9.93. The molecule has 1 aromatic carbocycles. The normalized spacial score (nSPS) is 18.6. The summed E-state index contributed by atoms with van der Waals surface area (Å²) in [4.78, 5) is 34.1. The molecular weight excluding hydrogens is 513 g/mol. The average molecular weight is 541 g/mol. The second-order valence-electron chi connectivity index (χ2n) is 9.39. The lowest BCUT2D eigenvalue weighted by Gasteiger charge is -2.28. The van der Waals surface area contributed by atoms with E-state index < -0.39 is 37.7 Å². The van der Waals surface area contributed by atoms with Crippen molar-refractivity contribution in [1.29, 1.82) is 0 Å². The molecule has 0 atom stereocenters. The van der Waals surface area contributed by atoms with Gasteiger partial charge in [-0.05, 0) is 70.1 Å². The number of aromatic nitrogens is 1. The number of ether oxygens (including phenoxy) is 1. The van der Waals surface area contributed by atoms with Crippen LogP contribution >= 0.6 is 0 Å². The lowest BCUT2D eigenvalue weighted by molar-refractivity contribution is -0.123. The molecule has 3 amide bonds. The lowest BCUT2D eigenvalue weighted by atomic mass is 10.0. The molecule has 0 radical (unpaired) electrons. The molecule has 3 heterocycles. The number of amides is 3. The number of anilines is 1. The SMILES string of the molecule is CC1(C)C(=O)N(c2ccc(S(=O)(=O)C(F)(F)F)cc2)C(=O)N1Cc1ccncc1OCCN1CCCC1. The first-order valence-electron chi connectivity index (χ1n) is 11.7. The number of sulfone groups is 1. The molecule has 0 spiro atoms. The van der Waals surface area contributed by atoms with Crippen molar-refractivity contribution in [2.45, 2.75) is 49.2 Å². The molecule has 37 heavy (non-hydrogen) atoms. The molecular formula is C24H27F3N4O5S. The summed E-state index contributed by atoms with van der Waals surface area (Å²) in [5.41, 5.74) is -6.16. The fraction of sp³-hybridized carbons (Fsp3) is 0.458. The molecule has 2 aromatic rings. The van der Waals surface area contributed by atoms with Gasteiger partial charge in [0.1, 0.15) is 17.9 Å². The van der Waals surface area contributed by atoms with Crippen molar-refractivity contribution in [2.75, 3.05) is 31.1 Å². The van der Waals surface area contributed by atoms with Gasteiger partial charge in [0.15, 0.2) is 0 Å². The summed E-state index contributed by atoms with van der Waals surface area (Å²) >= 11 is 0. The van der Waals surface area contributed by atoms with Crippen molar-refractivity contribution in [3.8, 4) is 5.75 Å². The van der Waals surface area contributed by atoms with Gasteiger partial charge in [-0.2, -0.15) is 13.2 Å². The Morgan fingerprint density at radius 3 is 2.32 bits per heavy atom. The highest BCUT2D eigenvalue weighted by Gasteiger charge is 2.52. The number of nitrogens with zero attached hydrogens (tertiary/aromatic N) is 4. The number of benzene rings is 1. The number of urea groups is 1. The number of carbonyl (C=O) groups is 2. The molecule has 9 nitrogen and oxygen atoms in total. The van der Waals surface area contributed by atoms with E-state index in [0.29, 0.717) is 17.9 Å². The molecule has 4 rings (SSSR count). The van der Waals surface area contributed by atoms with Crippen LogP contribution in [0.1, 0.15) is 32.3 Å². The zero-order chi connectivity index (χ0) is 27.0. The molecule has 0 aliphatic carbocycles. The Bertz CT molecular complexity index is 1280. The molecule has 200 valence electrons. The van der Waals surface area contributed by atoms with E-state index in [1.807, 2.05) is 0 Å². The van der Waals surface area contributed by atoms with E-state index in [9.17, 15) is 31.2 Å². The molecule has 0 N–H and O–H groups in total. The number of alkyl halides is 3. The van der Waals surface area contributed by atoms with Crippen molar-refractivity contribution in [1.82, 2.24) is 14.8 Å². The Kier molecular flexibility index (Phi) is 7.21. The average Bonchev–Trinajstić information content (AvgIpc) is 3.41. The van der Waals surface area contributed by atoms with Gasteiger partial charge in [-0.25, -0.2) is 18.1 Å². The number of hydrogen-bond donors (Lipinski definition) is 0. The van der Waals surface area contributed by atoms with E-state index in [4.69, 9.17) is 4.74 Å². The van der Waals surface area contributed by atoms with Crippen LogP contribution in [0.4, 0.5) is 23.7 Å². The van der Waals surface area contributed by atoms with Gasteiger partial charge in [0, 0.05) is 18.3 Å². The van der Waals surface area contributed by atoms with Gasteiger partial charge in [-0.3, -0.25) is 14.7 Å². The van der Waals surface area contributed by atoms with E-state index in [2.05, 4.69) is 9.88 Å². The Morgan fingerprint density at radius 1 is 1.05 bits per heavy atom. The Balaban J connectivity index is 1.53. The second-order valence-corrected chi connectivity index (χ2v) is 11.3. The molecule has 0 unspecified atom stereocenters. The standard InChI is InChI=1S/C24H27F3N4O5S/c1-23(2)21(32)31(18-5-7-19(8-6-18)37(34,35)24(25,26)27)22(33)30(23)16-17-9-10-28-15-20(17)36-14-13-29-11-3-4-12-29/h5-10,15H,3-4,11-14,16H2,1-2H3. The van der Waals surface area contributed by atoms with Gasteiger partial charge in [0.05, 0.1) is 23.3 Å². The van der Waals surface area contributed by atoms with Crippen LogP contribution in [-0.2, 0) is 21.2 Å². The number of carbonyl (C=O) groups excluding carboxylic acids is 2. The monoisotopic (exact) mass is 540 g/mol. The van der Waals surface area contributed by atoms with Crippen LogP contribution in [0.5, 0.6) is 5.75 Å². The van der Waals surface area contributed by atoms with E-state index in [0.717, 1.165) is 61.6 Å². The van der Waals surface area contributed by atoms with Gasteiger partial charge in [-0.1, -0.05) is 0 Å². The molecule has 2 aliphatic rings. The summed E-state index contributed by atoms with van der Waals surface area (Å²) in [6.45, 7) is 6.40. The molecule has 13 heteroatoms. The Labute approximate surface area is 212 Å². The quantitative estimate of drug-likeness (QED) is 0.472. The van der Waals surface area contributed by atoms with Crippen LogP contribution in [0.3, 0.4) is 0 Å². The van der Waals surface area contributed by atoms with Gasteiger partial charge in [0.2, 0.25) is 0 Å². The van der Waals surface area contributed by atoms with E-state index in [-0.39, 0.29) is 12.2 Å². The van der Waals surface area contributed by atoms with Crippen LogP contribution < -0.4 is 9.64 Å². The molecule has 0 bridgehead atoms. The predicted octanol–water partition coefficient (Wildman–Crippen LogP) is 3.60. The molecule has 1 aromatic heterocycles. The summed E-state index contributed by atoms with van der Waals surface area (Å²) in [7, 11) is -5.56. The highest BCUT2D eigenvalue weighted by atomic mass is 32.2. The van der Waals surface area contributed by atoms with Crippen LogP contribution in [-0.4, -0.2) is 72.4 Å². The van der Waals surface area contributed by atoms with Gasteiger partial charge in [0.25, 0.3) is 15.7 Å². The van der Waals surface area contributed by atoms with Gasteiger partial charge < -0.3 is 9.64 Å². The topological polar surface area (TPSA) is 100 Å². The minimum absolute atomic E-state index is 0.0240. The minimum atomic E-state index is -5.56. The number of imide groups is 1. The zero-order valence-corrected chi connectivity index (χ0v) is 21.2. The predicted molar refractivity (Wildman–Crippen MR) is 128 cm³/mol. The highest BCUT2D eigenvalue weighted by molar-refractivity contribution is 7.92. The lowest BCUT2D eigenvalue weighted by Crippen LogP contribution is -2.43. The summed E-state index contributed by atoms with van der Waals surface area (Å²) < 4.78 is 67.8. The Hall–Kier alpha value is -3.19. The summed E-state index contributed by atoms with van der Waals surface area (Å²) in [6.07, 6.45) is 5.42. The van der Waals surface area contributed by atoms with Gasteiger partial charge in [-0.15, -0.1) is 0 Å². The number of pyridine rings is 1. The molecule has 0 saturated carbocycles. The summed E-state index contributed by atoms with van der Waals surface area (Å²) in [5.74, 6) is -0.118. The van der Waals surface area contributed by atoms with Crippen molar-refractivity contribution in [3.05, 3.63) is 48.3 Å². The van der Waals surface area contributed by atoms with Crippen molar-refractivity contribution in [3.63, 3.8) is 0 Å². The maximum absolute atomic E-state index is 13.3. The number of rotatable bonds is 8. The first-order valence-corrected chi connectivity index (χ1v) is 13.2. The van der Waals surface area contributed by atoms with Crippen LogP contribution in [0.2, 0.25) is 0 Å². The van der Waals surface area contributed by atoms with Crippen LogP contribution in [0.25, 0.3) is 0 Å². The van der Waals surface area contributed by atoms with Crippen molar-refractivity contribution < 1.29 is 35.9 Å². The maximum atomic E-state index is 13.3. The first-order chi connectivity index (χ1) is 17.3. The number of hydrogen-bond acceptors (Lipinski definition) is 7. The largest absolute Gasteiger partial charge is 0.501 e. The van der Waals surface area contributed by atoms with Gasteiger partial charge >= 0.3 is 11.5 Å². The first kappa shape index (κ1) is 26.9. The zero-order valence-electron chi connectivity index (χ0n) is 20.4. The van der Waals surface area contributed by atoms with Crippen molar-refractivity contribution in [2.24, 2.45) is 0 Å². The maximum Gasteiger partial charge on any atom is 0.501 e. The van der Waals surface area contributed by atoms with E-state index in [1.54, 1.807) is 32.3 Å². The van der Waals surface area contributed by atoms with E-state index >= 15 is 0 Å². The fourth-order valence-electron chi connectivity index (χ4n) is 4.37. The highest BCUT2D eigenvalue weighted by Crippen LogP contribution is 2.36. The summed E-state index contributed by atoms with van der Waals surface area (Å²) in [6, 6.07) is 4.47. The van der Waals surface area contributed by atoms with Crippen LogP contribution in [0.15, 0.2) is 47.6 Å². The molecule has 2 fully saturated rings. The third kappa shape index (κ3) is 5.14. The Morgan fingerprint density at radius 2 is 1.70 bits per heavy atom. The minimum Gasteiger partial charge on any atom is -0.490 e. The third-order valence-corrected chi connectivity index (χ3v) is 8.10. The fourth-order valence-corrected chi connectivity index (χ4v) is 5.13.